The quantitative estimate of drug-likeness (QED) is 0.781. The molecule has 0 heterocycles. The molecule has 1 rings (SSSR count). The molecule has 122 valence electrons. The fourth-order valence-electron chi connectivity index (χ4n) is 1.86. The van der Waals surface area contributed by atoms with Crippen LogP contribution in [-0.2, 0) is 15.9 Å². The van der Waals surface area contributed by atoms with Crippen molar-refractivity contribution < 1.29 is 24.2 Å². The van der Waals surface area contributed by atoms with Crippen LogP contribution in [0.4, 0.5) is 9.59 Å². The molecule has 22 heavy (non-hydrogen) atoms. The Kier molecular flexibility index (Phi) is 7.77. The van der Waals surface area contributed by atoms with Crippen LogP contribution in [0.3, 0.4) is 0 Å². The summed E-state index contributed by atoms with van der Waals surface area (Å²) in [6, 6.07) is 8.67. The van der Waals surface area contributed by atoms with Crippen LogP contribution < -0.4 is 5.43 Å². The molecule has 0 bridgehead atoms. The minimum absolute atomic E-state index is 0.156. The molecule has 0 spiro atoms. The predicted octanol–water partition coefficient (Wildman–Crippen LogP) is 1.71. The summed E-state index contributed by atoms with van der Waals surface area (Å²) in [5.41, 5.74) is 3.23. The van der Waals surface area contributed by atoms with Gasteiger partial charge in [-0.05, 0) is 25.8 Å². The maximum atomic E-state index is 12.0. The topological polar surface area (TPSA) is 88.1 Å². The number of hydrazine groups is 1. The number of rotatable bonds is 6. The fraction of sp³-hybridized carbons (Fsp3) is 0.467. The molecule has 0 aliphatic rings. The highest BCUT2D eigenvalue weighted by Gasteiger charge is 2.27. The molecule has 1 aromatic carbocycles. The van der Waals surface area contributed by atoms with Gasteiger partial charge in [0.15, 0.2) is 0 Å². The van der Waals surface area contributed by atoms with E-state index in [2.05, 4.69) is 5.43 Å². The molecule has 0 unspecified atom stereocenters. The third-order valence-electron chi connectivity index (χ3n) is 2.84. The van der Waals surface area contributed by atoms with Crippen molar-refractivity contribution in [1.82, 2.24) is 10.4 Å². The number of amides is 2. The van der Waals surface area contributed by atoms with Crippen LogP contribution in [0.25, 0.3) is 0 Å². The van der Waals surface area contributed by atoms with Gasteiger partial charge in [0.25, 0.3) is 0 Å². The highest BCUT2D eigenvalue weighted by atomic mass is 16.6. The zero-order valence-electron chi connectivity index (χ0n) is 12.8. The molecule has 0 saturated carbocycles. The van der Waals surface area contributed by atoms with E-state index in [4.69, 9.17) is 9.47 Å². The molecular formula is C15H22N2O5. The van der Waals surface area contributed by atoms with E-state index in [1.54, 1.807) is 13.8 Å². The molecule has 0 saturated heterocycles. The Bertz CT molecular complexity index is 466. The molecule has 1 atom stereocenters. The second kappa shape index (κ2) is 9.62. The van der Waals surface area contributed by atoms with Gasteiger partial charge in [0.1, 0.15) is 0 Å². The van der Waals surface area contributed by atoms with Crippen LogP contribution >= 0.6 is 0 Å². The monoisotopic (exact) mass is 310 g/mol. The standard InChI is InChI=1S/C15H22N2O5/c1-3-21-14(19)16-17(15(20)22-4-2)13(11-18)10-12-8-6-5-7-9-12/h5-9,13,18H,3-4,10-11H2,1-2H3,(H,16,19)/t13-/m1/s1. The van der Waals surface area contributed by atoms with E-state index in [0.717, 1.165) is 10.6 Å². The number of nitrogens with zero attached hydrogens (tertiary/aromatic N) is 1. The van der Waals surface area contributed by atoms with Crippen LogP contribution in [0.5, 0.6) is 0 Å². The first-order valence-corrected chi connectivity index (χ1v) is 7.16. The average Bonchev–Trinajstić information content (AvgIpc) is 2.52. The molecule has 7 heteroatoms. The average molecular weight is 310 g/mol. The van der Waals surface area contributed by atoms with Gasteiger partial charge in [-0.25, -0.2) is 20.0 Å². The molecule has 0 aliphatic heterocycles. The predicted molar refractivity (Wildman–Crippen MR) is 80.0 cm³/mol. The van der Waals surface area contributed by atoms with Crippen molar-refractivity contribution in [3.8, 4) is 0 Å². The molecule has 2 N–H and O–H groups in total. The Balaban J connectivity index is 2.85. The van der Waals surface area contributed by atoms with Crippen molar-refractivity contribution in [2.45, 2.75) is 26.3 Å². The van der Waals surface area contributed by atoms with E-state index in [9.17, 15) is 14.7 Å². The molecule has 7 nitrogen and oxygen atoms in total. The molecule has 0 radical (unpaired) electrons. The number of aliphatic hydroxyl groups is 1. The Morgan fingerprint density at radius 3 is 2.36 bits per heavy atom. The number of hydrogen-bond donors (Lipinski definition) is 2. The van der Waals surface area contributed by atoms with Gasteiger partial charge in [-0.15, -0.1) is 0 Å². The van der Waals surface area contributed by atoms with E-state index >= 15 is 0 Å². The lowest BCUT2D eigenvalue weighted by atomic mass is 10.1. The Hall–Kier alpha value is -2.28. The molecule has 0 aromatic heterocycles. The maximum absolute atomic E-state index is 12.0. The van der Waals surface area contributed by atoms with E-state index in [-0.39, 0.29) is 19.8 Å². The van der Waals surface area contributed by atoms with Crippen molar-refractivity contribution in [2.75, 3.05) is 19.8 Å². The van der Waals surface area contributed by atoms with Crippen LogP contribution in [0, 0.1) is 0 Å². The van der Waals surface area contributed by atoms with Crippen molar-refractivity contribution in [3.63, 3.8) is 0 Å². The van der Waals surface area contributed by atoms with Gasteiger partial charge in [-0.2, -0.15) is 0 Å². The van der Waals surface area contributed by atoms with Gasteiger partial charge >= 0.3 is 12.2 Å². The Morgan fingerprint density at radius 2 is 1.82 bits per heavy atom. The third-order valence-corrected chi connectivity index (χ3v) is 2.84. The lowest BCUT2D eigenvalue weighted by Gasteiger charge is -2.29. The first kappa shape index (κ1) is 17.8. The number of carbonyl (C=O) groups is 2. The highest BCUT2D eigenvalue weighted by Crippen LogP contribution is 2.09. The van der Waals surface area contributed by atoms with Crippen LogP contribution in [0.1, 0.15) is 19.4 Å². The summed E-state index contributed by atoms with van der Waals surface area (Å²) in [6.45, 7) is 3.31. The number of carbonyl (C=O) groups excluding carboxylic acids is 2. The van der Waals surface area contributed by atoms with E-state index < -0.39 is 18.2 Å². The zero-order chi connectivity index (χ0) is 16.4. The van der Waals surface area contributed by atoms with Gasteiger partial charge in [-0.1, -0.05) is 30.3 Å². The lowest BCUT2D eigenvalue weighted by molar-refractivity contribution is 0.0395. The van der Waals surface area contributed by atoms with Gasteiger partial charge < -0.3 is 14.6 Å². The summed E-state index contributed by atoms with van der Waals surface area (Å²) in [5.74, 6) is 0. The Morgan fingerprint density at radius 1 is 1.18 bits per heavy atom. The third kappa shape index (κ3) is 5.61. The lowest BCUT2D eigenvalue weighted by Crippen LogP contribution is -2.54. The number of aliphatic hydroxyl groups excluding tert-OH is 1. The first-order valence-electron chi connectivity index (χ1n) is 7.16. The summed E-state index contributed by atoms with van der Waals surface area (Å²) in [5, 5.41) is 10.5. The summed E-state index contributed by atoms with van der Waals surface area (Å²) in [7, 11) is 0. The van der Waals surface area contributed by atoms with Gasteiger partial charge in [0, 0.05) is 0 Å². The van der Waals surface area contributed by atoms with Crippen LogP contribution in [0.15, 0.2) is 30.3 Å². The summed E-state index contributed by atoms with van der Waals surface area (Å²) in [4.78, 5) is 23.6. The normalized spacial score (nSPS) is 11.4. The SMILES string of the molecule is CCOC(=O)NN(C(=O)OCC)[C@@H](CO)Cc1ccccc1. The van der Waals surface area contributed by atoms with E-state index in [0.29, 0.717) is 6.42 Å². The highest BCUT2D eigenvalue weighted by molar-refractivity contribution is 5.74. The largest absolute Gasteiger partial charge is 0.449 e. The van der Waals surface area contributed by atoms with Crippen LogP contribution in [-0.4, -0.2) is 48.2 Å². The minimum Gasteiger partial charge on any atom is -0.449 e. The molecule has 0 fully saturated rings. The number of hydrogen-bond acceptors (Lipinski definition) is 5. The summed E-state index contributed by atoms with van der Waals surface area (Å²) >= 11 is 0. The molecule has 1 aromatic rings. The van der Waals surface area contributed by atoms with Crippen molar-refractivity contribution >= 4 is 12.2 Å². The van der Waals surface area contributed by atoms with Crippen molar-refractivity contribution in [1.29, 1.82) is 0 Å². The first-order chi connectivity index (χ1) is 10.6. The molecule has 0 aliphatic carbocycles. The maximum Gasteiger partial charge on any atom is 0.429 e. The van der Waals surface area contributed by atoms with E-state index in [1.807, 2.05) is 30.3 Å². The number of ether oxygens (including phenoxy) is 2. The van der Waals surface area contributed by atoms with Crippen molar-refractivity contribution in [3.05, 3.63) is 35.9 Å². The fourth-order valence-corrected chi connectivity index (χ4v) is 1.86. The number of nitrogens with one attached hydrogen (secondary N) is 1. The summed E-state index contributed by atoms with van der Waals surface area (Å²) in [6.07, 6.45) is -1.16. The van der Waals surface area contributed by atoms with Crippen LogP contribution in [0.2, 0.25) is 0 Å². The second-order valence-electron chi connectivity index (χ2n) is 4.43. The van der Waals surface area contributed by atoms with Gasteiger partial charge in [0.05, 0.1) is 25.9 Å². The van der Waals surface area contributed by atoms with Gasteiger partial charge in [0.2, 0.25) is 0 Å². The van der Waals surface area contributed by atoms with E-state index in [1.165, 1.54) is 0 Å². The summed E-state index contributed by atoms with van der Waals surface area (Å²) < 4.78 is 9.67. The van der Waals surface area contributed by atoms with Crippen molar-refractivity contribution in [2.24, 2.45) is 0 Å². The Labute approximate surface area is 129 Å². The molecule has 2 amide bonds. The molecular weight excluding hydrogens is 288 g/mol. The smallest absolute Gasteiger partial charge is 0.429 e. The second-order valence-corrected chi connectivity index (χ2v) is 4.43. The minimum atomic E-state index is -0.776. The number of benzene rings is 1. The zero-order valence-corrected chi connectivity index (χ0v) is 12.8. The van der Waals surface area contributed by atoms with Gasteiger partial charge in [-0.3, -0.25) is 0 Å².